The van der Waals surface area contributed by atoms with Gasteiger partial charge in [0.1, 0.15) is 5.75 Å². The number of benzene rings is 3. The molecule has 0 saturated heterocycles. The molecule has 0 aromatic heterocycles. The first-order chi connectivity index (χ1) is 11.7. The van der Waals surface area contributed by atoms with E-state index in [1.54, 1.807) is 0 Å². The van der Waals surface area contributed by atoms with Gasteiger partial charge in [0.05, 0.1) is 0 Å². The molecule has 3 aromatic rings. The molecule has 0 aliphatic heterocycles. The van der Waals surface area contributed by atoms with Gasteiger partial charge in [0.25, 0.3) is 5.91 Å². The van der Waals surface area contributed by atoms with E-state index in [4.69, 9.17) is 10.5 Å². The third-order valence-electron chi connectivity index (χ3n) is 3.84. The van der Waals surface area contributed by atoms with Crippen LogP contribution < -0.4 is 15.8 Å². The molecule has 0 aliphatic carbocycles. The Morgan fingerprint density at radius 1 is 0.917 bits per heavy atom. The van der Waals surface area contributed by atoms with Crippen molar-refractivity contribution in [3.05, 3.63) is 77.9 Å². The molecule has 24 heavy (non-hydrogen) atoms. The Bertz CT molecular complexity index is 831. The Balaban J connectivity index is 1.82. The molecule has 0 unspecified atom stereocenters. The number of rotatable bonds is 7. The summed E-state index contributed by atoms with van der Waals surface area (Å²) in [6, 6.07) is 22.2. The normalized spacial score (nSPS) is 10.7. The number of amides is 1. The highest BCUT2D eigenvalue weighted by Gasteiger charge is 2.09. The number of fused-ring (bicyclic) bond motifs is 1. The minimum absolute atomic E-state index is 0.121. The van der Waals surface area contributed by atoms with Crippen molar-refractivity contribution in [3.63, 3.8) is 0 Å². The molecule has 3 N–H and O–H groups in total. The number of carbonyl (C=O) groups is 1. The number of nitrogens with one attached hydrogen (secondary N) is 1. The zero-order valence-corrected chi connectivity index (χ0v) is 13.4. The van der Waals surface area contributed by atoms with Crippen LogP contribution >= 0.6 is 0 Å². The van der Waals surface area contributed by atoms with Crippen molar-refractivity contribution < 1.29 is 9.53 Å². The Kier molecular flexibility index (Phi) is 5.08. The zero-order chi connectivity index (χ0) is 16.8. The molecule has 4 heteroatoms. The van der Waals surface area contributed by atoms with Crippen LogP contribution in [0.5, 0.6) is 5.75 Å². The first-order valence-corrected chi connectivity index (χ1v) is 7.90. The number of nitrogens with two attached hydrogens (primary N) is 1. The predicted octanol–water partition coefficient (Wildman–Crippen LogP) is 2.99. The van der Waals surface area contributed by atoms with Gasteiger partial charge in [-0.3, -0.25) is 4.79 Å². The van der Waals surface area contributed by atoms with E-state index in [2.05, 4.69) is 29.6 Å². The summed E-state index contributed by atoms with van der Waals surface area (Å²) in [6.45, 7) is 1.29. The van der Waals surface area contributed by atoms with Gasteiger partial charge in [0, 0.05) is 18.7 Å². The Morgan fingerprint density at radius 3 is 2.46 bits per heavy atom. The summed E-state index contributed by atoms with van der Waals surface area (Å²) in [6.07, 6.45) is 0. The summed E-state index contributed by atoms with van der Waals surface area (Å²) in [7, 11) is 0. The van der Waals surface area contributed by atoms with E-state index in [0.717, 1.165) is 22.9 Å². The smallest absolute Gasteiger partial charge is 0.255 e. The highest BCUT2D eigenvalue weighted by atomic mass is 16.5. The predicted molar refractivity (Wildman–Crippen MR) is 95.6 cm³/mol. The summed E-state index contributed by atoms with van der Waals surface area (Å²) < 4.78 is 5.59. The second-order valence-corrected chi connectivity index (χ2v) is 5.61. The fourth-order valence-corrected chi connectivity index (χ4v) is 2.71. The molecule has 3 rings (SSSR count). The summed E-state index contributed by atoms with van der Waals surface area (Å²) >= 11 is 0. The van der Waals surface area contributed by atoms with Gasteiger partial charge in [-0.05, 0) is 22.4 Å². The van der Waals surface area contributed by atoms with Crippen molar-refractivity contribution in [3.8, 4) is 5.75 Å². The van der Waals surface area contributed by atoms with Gasteiger partial charge < -0.3 is 15.8 Å². The van der Waals surface area contributed by atoms with E-state index in [-0.39, 0.29) is 6.61 Å². The lowest BCUT2D eigenvalue weighted by atomic mass is 10.0. The van der Waals surface area contributed by atoms with E-state index in [9.17, 15) is 4.79 Å². The van der Waals surface area contributed by atoms with Crippen molar-refractivity contribution in [1.82, 2.24) is 5.32 Å². The molecule has 0 atom stereocenters. The Morgan fingerprint density at radius 2 is 1.67 bits per heavy atom. The average Bonchev–Trinajstić information content (AvgIpc) is 2.61. The summed E-state index contributed by atoms with van der Waals surface area (Å²) in [5.41, 5.74) is 7.45. The summed E-state index contributed by atoms with van der Waals surface area (Å²) in [4.78, 5) is 11.0. The molecule has 0 heterocycles. The van der Waals surface area contributed by atoms with Crippen molar-refractivity contribution in [2.24, 2.45) is 5.73 Å². The van der Waals surface area contributed by atoms with Crippen LogP contribution in [0, 0.1) is 0 Å². The van der Waals surface area contributed by atoms with Gasteiger partial charge in [0.15, 0.2) is 6.61 Å². The lowest BCUT2D eigenvalue weighted by molar-refractivity contribution is -0.119. The third kappa shape index (κ3) is 3.91. The minimum Gasteiger partial charge on any atom is -0.483 e. The van der Waals surface area contributed by atoms with Crippen LogP contribution in [-0.2, 0) is 17.9 Å². The van der Waals surface area contributed by atoms with Crippen molar-refractivity contribution in [2.45, 2.75) is 13.1 Å². The molecule has 0 aliphatic rings. The lowest BCUT2D eigenvalue weighted by Crippen LogP contribution is -2.21. The van der Waals surface area contributed by atoms with Gasteiger partial charge in [-0.15, -0.1) is 0 Å². The van der Waals surface area contributed by atoms with Crippen LogP contribution in [0.1, 0.15) is 11.1 Å². The summed E-state index contributed by atoms with van der Waals surface area (Å²) in [5.74, 6) is 0.208. The van der Waals surface area contributed by atoms with Crippen LogP contribution in [0.25, 0.3) is 10.8 Å². The first-order valence-electron chi connectivity index (χ1n) is 7.90. The van der Waals surface area contributed by atoms with Gasteiger partial charge in [-0.1, -0.05) is 60.7 Å². The van der Waals surface area contributed by atoms with Crippen molar-refractivity contribution in [1.29, 1.82) is 0 Å². The quantitative estimate of drug-likeness (QED) is 0.703. The molecule has 1 amide bonds. The molecule has 122 valence electrons. The molecule has 3 aromatic carbocycles. The topological polar surface area (TPSA) is 64.4 Å². The lowest BCUT2D eigenvalue weighted by Gasteiger charge is -2.14. The van der Waals surface area contributed by atoms with Gasteiger partial charge >= 0.3 is 0 Å². The molecule has 0 fully saturated rings. The highest BCUT2D eigenvalue weighted by molar-refractivity contribution is 5.88. The van der Waals surface area contributed by atoms with Crippen LogP contribution in [0.4, 0.5) is 0 Å². The fourth-order valence-electron chi connectivity index (χ4n) is 2.71. The summed E-state index contributed by atoms with van der Waals surface area (Å²) in [5, 5.41) is 5.69. The maximum atomic E-state index is 11.0. The van der Waals surface area contributed by atoms with E-state index in [1.807, 2.05) is 42.5 Å². The van der Waals surface area contributed by atoms with Gasteiger partial charge in [0.2, 0.25) is 0 Å². The van der Waals surface area contributed by atoms with Crippen LogP contribution in [-0.4, -0.2) is 12.5 Å². The average molecular weight is 320 g/mol. The van der Waals surface area contributed by atoms with Crippen LogP contribution in [0.2, 0.25) is 0 Å². The van der Waals surface area contributed by atoms with E-state index in [1.165, 1.54) is 5.56 Å². The second kappa shape index (κ2) is 7.62. The van der Waals surface area contributed by atoms with Crippen LogP contribution in [0.15, 0.2) is 66.7 Å². The molecule has 4 nitrogen and oxygen atoms in total. The largest absolute Gasteiger partial charge is 0.483 e. The molecular formula is C20H20N2O2. The molecule has 0 bridgehead atoms. The number of hydrogen-bond donors (Lipinski definition) is 2. The fraction of sp³-hybridized carbons (Fsp3) is 0.150. The van der Waals surface area contributed by atoms with E-state index in [0.29, 0.717) is 12.3 Å². The van der Waals surface area contributed by atoms with E-state index >= 15 is 0 Å². The molecule has 0 spiro atoms. The maximum Gasteiger partial charge on any atom is 0.255 e. The number of carbonyl (C=O) groups excluding carboxylic acids is 1. The first kappa shape index (κ1) is 16.0. The van der Waals surface area contributed by atoms with E-state index < -0.39 is 5.91 Å². The van der Waals surface area contributed by atoms with Gasteiger partial charge in [-0.25, -0.2) is 0 Å². The standard InChI is InChI=1S/C20H20N2O2/c21-20(23)14-24-19-11-10-16-8-4-5-9-17(16)18(19)13-22-12-15-6-2-1-3-7-15/h1-11,22H,12-14H2,(H2,21,23). The SMILES string of the molecule is NC(=O)COc1ccc2ccccc2c1CNCc1ccccc1. The molecular weight excluding hydrogens is 300 g/mol. The van der Waals surface area contributed by atoms with Gasteiger partial charge in [-0.2, -0.15) is 0 Å². The number of primary amides is 1. The minimum atomic E-state index is -0.480. The van der Waals surface area contributed by atoms with Crippen molar-refractivity contribution in [2.75, 3.05) is 6.61 Å². The number of hydrogen-bond acceptors (Lipinski definition) is 3. The monoisotopic (exact) mass is 320 g/mol. The number of ether oxygens (including phenoxy) is 1. The molecule has 0 radical (unpaired) electrons. The van der Waals surface area contributed by atoms with Crippen molar-refractivity contribution >= 4 is 16.7 Å². The highest BCUT2D eigenvalue weighted by Crippen LogP contribution is 2.28. The third-order valence-corrected chi connectivity index (χ3v) is 3.84. The Labute approximate surface area is 141 Å². The molecule has 0 saturated carbocycles. The Hall–Kier alpha value is -2.85. The zero-order valence-electron chi connectivity index (χ0n) is 13.4. The maximum absolute atomic E-state index is 11.0. The second-order valence-electron chi connectivity index (χ2n) is 5.61. The van der Waals surface area contributed by atoms with Crippen LogP contribution in [0.3, 0.4) is 0 Å².